The van der Waals surface area contributed by atoms with Crippen LogP contribution in [0, 0.1) is 0 Å². The number of halogens is 1. The molecule has 0 unspecified atom stereocenters. The van der Waals surface area contributed by atoms with E-state index in [1.165, 1.54) is 61.4 Å². The normalized spacial score (nSPS) is 16.8. The van der Waals surface area contributed by atoms with Crippen LogP contribution in [0.4, 0.5) is 10.0 Å². The molecule has 3 N–H and O–H groups in total. The molecule has 0 saturated carbocycles. The minimum Gasteiger partial charge on any atom is -0.462 e. The number of ether oxygens (including phenoxy) is 2. The number of piperidine rings is 2. The molecule has 4 aliphatic heterocycles. The Bertz CT molecular complexity index is 1360. The average Bonchev–Trinajstić information content (AvgIpc) is 3.85. The number of thioether (sulfide) groups is 2. The SMILES string of the molecule is C1CCNCC1.CCOC(=O)c1c(NC(=O)CCl)sc2c1CCS2.CCOC(=O)c1c(NC(=O)CN2CCCCC2)sc2c1CCS2. The molecule has 0 atom stereocenters. The number of likely N-dealkylation sites (tertiary alicyclic amines) is 1. The summed E-state index contributed by atoms with van der Waals surface area (Å²) in [6, 6.07) is 0. The van der Waals surface area contributed by atoms with Gasteiger partial charge in [-0.25, -0.2) is 9.59 Å². The first-order chi connectivity index (χ1) is 22.9. The molecular formula is C32H45ClN4O6S4. The lowest BCUT2D eigenvalue weighted by Gasteiger charge is -2.25. The van der Waals surface area contributed by atoms with Gasteiger partial charge < -0.3 is 25.4 Å². The fourth-order valence-electron chi connectivity index (χ4n) is 5.53. The first kappa shape index (κ1) is 38.0. The molecule has 0 radical (unpaired) electrons. The first-order valence-corrected chi connectivity index (χ1v) is 20.5. The van der Waals surface area contributed by atoms with Gasteiger partial charge in [0.1, 0.15) is 15.9 Å². The van der Waals surface area contributed by atoms with Crippen molar-refractivity contribution >= 4 is 91.6 Å². The number of carbonyl (C=O) groups excluding carboxylic acids is 4. The van der Waals surface area contributed by atoms with Crippen LogP contribution in [0.3, 0.4) is 0 Å². The number of anilines is 2. The predicted molar refractivity (Wildman–Crippen MR) is 194 cm³/mol. The molecule has 47 heavy (non-hydrogen) atoms. The molecule has 6 rings (SSSR count). The second-order valence-electron chi connectivity index (χ2n) is 11.2. The average molecular weight is 745 g/mol. The van der Waals surface area contributed by atoms with E-state index in [1.54, 1.807) is 37.4 Å². The maximum absolute atomic E-state index is 12.3. The van der Waals surface area contributed by atoms with E-state index in [-0.39, 0.29) is 29.6 Å². The lowest BCUT2D eigenvalue weighted by atomic mass is 10.1. The van der Waals surface area contributed by atoms with Crippen molar-refractivity contribution in [2.45, 2.75) is 73.6 Å². The van der Waals surface area contributed by atoms with Gasteiger partial charge in [-0.15, -0.1) is 57.8 Å². The van der Waals surface area contributed by atoms with Crippen molar-refractivity contribution in [1.82, 2.24) is 10.2 Å². The van der Waals surface area contributed by atoms with E-state index >= 15 is 0 Å². The van der Waals surface area contributed by atoms with Crippen molar-refractivity contribution < 1.29 is 28.7 Å². The van der Waals surface area contributed by atoms with Gasteiger partial charge in [-0.2, -0.15) is 0 Å². The Morgan fingerprint density at radius 3 is 1.66 bits per heavy atom. The Hall–Kier alpha value is -1.81. The maximum Gasteiger partial charge on any atom is 0.341 e. The number of nitrogens with zero attached hydrogens (tertiary/aromatic N) is 1. The topological polar surface area (TPSA) is 126 Å². The highest BCUT2D eigenvalue weighted by Gasteiger charge is 2.30. The Balaban J connectivity index is 0.000000184. The quantitative estimate of drug-likeness (QED) is 0.193. The molecule has 260 valence electrons. The third-order valence-electron chi connectivity index (χ3n) is 7.72. The summed E-state index contributed by atoms with van der Waals surface area (Å²) >= 11 is 11.8. The fraction of sp³-hybridized carbons (Fsp3) is 0.625. The van der Waals surface area contributed by atoms with Crippen LogP contribution in [-0.4, -0.2) is 92.0 Å². The Morgan fingerprint density at radius 2 is 1.23 bits per heavy atom. The summed E-state index contributed by atoms with van der Waals surface area (Å²) in [4.78, 5) is 50.1. The van der Waals surface area contributed by atoms with Crippen LogP contribution in [0.25, 0.3) is 0 Å². The minimum absolute atomic E-state index is 0.0395. The van der Waals surface area contributed by atoms with Gasteiger partial charge in [0.25, 0.3) is 0 Å². The van der Waals surface area contributed by atoms with Gasteiger partial charge in [-0.05, 0) is 89.7 Å². The number of fused-ring (bicyclic) bond motifs is 2. The molecule has 4 aliphatic rings. The van der Waals surface area contributed by atoms with Gasteiger partial charge in [0, 0.05) is 11.5 Å². The Kier molecular flexibility index (Phi) is 16.2. The van der Waals surface area contributed by atoms with E-state index in [9.17, 15) is 19.2 Å². The lowest BCUT2D eigenvalue weighted by Crippen LogP contribution is -2.36. The third kappa shape index (κ3) is 11.1. The van der Waals surface area contributed by atoms with Crippen LogP contribution in [0.2, 0.25) is 0 Å². The summed E-state index contributed by atoms with van der Waals surface area (Å²) < 4.78 is 12.4. The highest BCUT2D eigenvalue weighted by Crippen LogP contribution is 2.46. The number of esters is 2. The summed E-state index contributed by atoms with van der Waals surface area (Å²) in [5.41, 5.74) is 3.12. The van der Waals surface area contributed by atoms with Crippen molar-refractivity contribution in [3.8, 4) is 0 Å². The molecule has 0 bridgehead atoms. The van der Waals surface area contributed by atoms with E-state index in [0.717, 1.165) is 69.8 Å². The van der Waals surface area contributed by atoms with Crippen LogP contribution >= 0.6 is 57.8 Å². The van der Waals surface area contributed by atoms with E-state index in [1.807, 2.05) is 0 Å². The molecule has 0 aromatic carbocycles. The number of alkyl halides is 1. The largest absolute Gasteiger partial charge is 0.462 e. The van der Waals surface area contributed by atoms with Gasteiger partial charge in [-0.1, -0.05) is 12.8 Å². The molecule has 2 aromatic heterocycles. The van der Waals surface area contributed by atoms with Crippen molar-refractivity contribution in [2.24, 2.45) is 0 Å². The number of amides is 2. The smallest absolute Gasteiger partial charge is 0.341 e. The van der Waals surface area contributed by atoms with Crippen LogP contribution in [0.5, 0.6) is 0 Å². The van der Waals surface area contributed by atoms with Crippen molar-refractivity contribution in [3.63, 3.8) is 0 Å². The second-order valence-corrected chi connectivity index (χ2v) is 16.2. The maximum atomic E-state index is 12.3. The molecule has 6 heterocycles. The summed E-state index contributed by atoms with van der Waals surface area (Å²) in [5.74, 6) is 0.794. The molecule has 2 fully saturated rings. The van der Waals surface area contributed by atoms with Gasteiger partial charge in [-0.3, -0.25) is 14.5 Å². The molecule has 2 aromatic rings. The summed E-state index contributed by atoms with van der Waals surface area (Å²) in [5, 5.41) is 10.1. The van der Waals surface area contributed by atoms with Crippen molar-refractivity contribution in [1.29, 1.82) is 0 Å². The van der Waals surface area contributed by atoms with Crippen LogP contribution in [0.1, 0.15) is 84.2 Å². The molecule has 10 nitrogen and oxygen atoms in total. The summed E-state index contributed by atoms with van der Waals surface area (Å²) in [6.45, 7) is 9.09. The molecule has 15 heteroatoms. The third-order valence-corrected chi connectivity index (χ3v) is 12.9. The first-order valence-electron chi connectivity index (χ1n) is 16.4. The zero-order chi connectivity index (χ0) is 33.6. The number of nitrogens with one attached hydrogen (secondary N) is 3. The monoisotopic (exact) mass is 744 g/mol. The number of thiophene rings is 2. The van der Waals surface area contributed by atoms with E-state index in [0.29, 0.717) is 40.9 Å². The predicted octanol–water partition coefficient (Wildman–Crippen LogP) is 6.51. The van der Waals surface area contributed by atoms with Gasteiger partial charge in [0.2, 0.25) is 11.8 Å². The zero-order valence-corrected chi connectivity index (χ0v) is 31.2. The van der Waals surface area contributed by atoms with Crippen LogP contribution in [0.15, 0.2) is 8.42 Å². The van der Waals surface area contributed by atoms with Gasteiger partial charge in [0.15, 0.2) is 0 Å². The fourth-order valence-corrected chi connectivity index (χ4v) is 10.8. The number of rotatable bonds is 9. The van der Waals surface area contributed by atoms with Crippen LogP contribution < -0.4 is 16.0 Å². The highest BCUT2D eigenvalue weighted by atomic mass is 35.5. The van der Waals surface area contributed by atoms with Gasteiger partial charge in [0.05, 0.1) is 39.3 Å². The number of hydrogen-bond donors (Lipinski definition) is 3. The van der Waals surface area contributed by atoms with Crippen LogP contribution in [-0.2, 0) is 31.9 Å². The number of carbonyl (C=O) groups is 4. The summed E-state index contributed by atoms with van der Waals surface area (Å²) in [7, 11) is 0. The molecule has 2 saturated heterocycles. The Labute approximate surface area is 298 Å². The second kappa shape index (κ2) is 20.0. The van der Waals surface area contributed by atoms with E-state index < -0.39 is 0 Å². The molecule has 0 aliphatic carbocycles. The van der Waals surface area contributed by atoms with Crippen molar-refractivity contribution in [3.05, 3.63) is 22.3 Å². The molecule has 0 spiro atoms. The Morgan fingerprint density at radius 1 is 0.745 bits per heavy atom. The molecule has 2 amide bonds. The van der Waals surface area contributed by atoms with Crippen molar-refractivity contribution in [2.75, 3.05) is 74.0 Å². The number of hydrogen-bond acceptors (Lipinski definition) is 12. The zero-order valence-electron chi connectivity index (χ0n) is 27.1. The summed E-state index contributed by atoms with van der Waals surface area (Å²) in [6.07, 6.45) is 9.48. The minimum atomic E-state index is -0.373. The highest BCUT2D eigenvalue weighted by molar-refractivity contribution is 8.01. The standard InChI is InChI=1S/C16H22N2O3S2.C11H12ClNO3S2.C5H11N/c1-2-21-15(20)13-11-6-9-22-16(11)23-14(13)17-12(19)10-18-7-4-3-5-8-18;1-2-16-10(15)8-6-3-4-17-11(6)18-9(8)13-7(14)5-12;1-2-4-6-5-3-1/h2-10H2,1H3,(H,17,19);2-5H2,1H3,(H,13,14);6H,1-5H2. The lowest BCUT2D eigenvalue weighted by molar-refractivity contribution is -0.117. The van der Waals surface area contributed by atoms with E-state index in [2.05, 4.69) is 20.9 Å². The van der Waals surface area contributed by atoms with Gasteiger partial charge >= 0.3 is 11.9 Å². The molecular weight excluding hydrogens is 700 g/mol. The van der Waals surface area contributed by atoms with E-state index in [4.69, 9.17) is 21.1 Å².